The summed E-state index contributed by atoms with van der Waals surface area (Å²) in [5, 5.41) is 18.3. The molecular formula is C16H19N3O6P2. The lowest BCUT2D eigenvalue weighted by atomic mass is 10.3. The molecule has 0 aliphatic heterocycles. The molecule has 27 heavy (non-hydrogen) atoms. The van der Waals surface area contributed by atoms with Crippen LogP contribution in [0.4, 0.5) is 0 Å². The second kappa shape index (κ2) is 11.5. The quantitative estimate of drug-likeness (QED) is 0.319. The van der Waals surface area contributed by atoms with Crippen molar-refractivity contribution in [1.29, 1.82) is 5.26 Å². The van der Waals surface area contributed by atoms with Crippen molar-refractivity contribution in [3.05, 3.63) is 47.1 Å². The van der Waals surface area contributed by atoms with Gasteiger partial charge in [-0.2, -0.15) is 5.26 Å². The molecular weight excluding hydrogens is 392 g/mol. The number of hydrogen-bond donors (Lipinski definition) is 1. The molecule has 1 N–H and O–H groups in total. The second-order valence-corrected chi connectivity index (χ2v) is 10.1. The maximum absolute atomic E-state index is 13.4. The number of aromatic hydroxyl groups is 1. The number of rotatable bonds is 12. The second-order valence-electron chi connectivity index (χ2n) is 5.11. The zero-order valence-electron chi connectivity index (χ0n) is 14.5. The topological polar surface area (TPSA) is 115 Å². The van der Waals surface area contributed by atoms with Gasteiger partial charge in [-0.25, -0.2) is 13.1 Å². The fourth-order valence-corrected chi connectivity index (χ4v) is 7.30. The van der Waals surface area contributed by atoms with Crippen LogP contribution in [0.5, 0.6) is 5.75 Å². The third-order valence-corrected chi connectivity index (χ3v) is 8.81. The van der Waals surface area contributed by atoms with Gasteiger partial charge in [-0.1, -0.05) is 0 Å². The van der Waals surface area contributed by atoms with E-state index >= 15 is 0 Å². The van der Waals surface area contributed by atoms with Crippen LogP contribution in [0, 0.1) is 24.5 Å². The molecule has 1 atom stereocenters. The van der Waals surface area contributed by atoms with Crippen molar-refractivity contribution in [1.82, 2.24) is 0 Å². The third kappa shape index (κ3) is 7.94. The summed E-state index contributed by atoms with van der Waals surface area (Å²) in [6, 6.07) is 7.21. The highest BCUT2D eigenvalue weighted by molar-refractivity contribution is 7.78. The Labute approximate surface area is 158 Å². The molecule has 0 saturated heterocycles. The lowest BCUT2D eigenvalue weighted by molar-refractivity contribution is 0.220. The van der Waals surface area contributed by atoms with Gasteiger partial charge in [0.2, 0.25) is 20.5 Å². The van der Waals surface area contributed by atoms with Gasteiger partial charge in [0.25, 0.3) is 0 Å². The summed E-state index contributed by atoms with van der Waals surface area (Å²) in [6.07, 6.45) is -0.0243. The highest BCUT2D eigenvalue weighted by Crippen LogP contribution is 2.62. The summed E-state index contributed by atoms with van der Waals surface area (Å²) in [4.78, 5) is 6.19. The highest BCUT2D eigenvalue weighted by Gasteiger charge is 2.39. The maximum Gasteiger partial charge on any atom is 0.341 e. The van der Waals surface area contributed by atoms with Crippen molar-refractivity contribution >= 4 is 20.3 Å². The highest BCUT2D eigenvalue weighted by atomic mass is 31.2. The molecule has 0 heterocycles. The minimum atomic E-state index is -3.95. The summed E-state index contributed by atoms with van der Waals surface area (Å²) in [7, 11) is -7.72. The predicted octanol–water partition coefficient (Wildman–Crippen LogP) is 3.25. The molecule has 0 bridgehead atoms. The Hall–Kier alpha value is -2.17. The van der Waals surface area contributed by atoms with Gasteiger partial charge in [-0.3, -0.25) is 9.13 Å². The van der Waals surface area contributed by atoms with Crippen molar-refractivity contribution in [2.24, 2.45) is 0 Å². The minimum Gasteiger partial charge on any atom is -0.508 e. The van der Waals surface area contributed by atoms with Gasteiger partial charge >= 0.3 is 7.60 Å². The molecule has 0 amide bonds. The zero-order chi connectivity index (χ0) is 20.2. The Morgan fingerprint density at radius 3 is 2.04 bits per heavy atom. The van der Waals surface area contributed by atoms with E-state index in [4.69, 9.17) is 32.0 Å². The molecule has 0 aliphatic carbocycles. The van der Waals surface area contributed by atoms with Crippen molar-refractivity contribution < 1.29 is 27.8 Å². The van der Waals surface area contributed by atoms with Crippen LogP contribution < -0.4 is 5.30 Å². The lowest BCUT2D eigenvalue weighted by Gasteiger charge is -2.23. The largest absolute Gasteiger partial charge is 0.508 e. The van der Waals surface area contributed by atoms with E-state index in [9.17, 15) is 14.2 Å². The van der Waals surface area contributed by atoms with Crippen molar-refractivity contribution in [3.8, 4) is 11.8 Å². The monoisotopic (exact) mass is 411 g/mol. The summed E-state index contributed by atoms with van der Waals surface area (Å²) >= 11 is 0. The molecule has 0 radical (unpaired) electrons. The van der Waals surface area contributed by atoms with Crippen LogP contribution in [0.2, 0.25) is 0 Å². The van der Waals surface area contributed by atoms with Gasteiger partial charge < -0.3 is 28.4 Å². The van der Waals surface area contributed by atoms with E-state index < -0.39 is 20.9 Å². The Bertz CT molecular complexity index is 799. The van der Waals surface area contributed by atoms with Crippen LogP contribution >= 0.6 is 15.0 Å². The van der Waals surface area contributed by atoms with E-state index in [0.29, 0.717) is 0 Å². The molecule has 1 aromatic carbocycles. The molecule has 144 valence electrons. The van der Waals surface area contributed by atoms with E-state index in [1.54, 1.807) is 0 Å². The number of phenolic OH excluding ortho intramolecular Hbond substituents is 1. The molecule has 11 heteroatoms. The zero-order valence-corrected chi connectivity index (χ0v) is 16.3. The van der Waals surface area contributed by atoms with Gasteiger partial charge in [0.1, 0.15) is 24.9 Å². The van der Waals surface area contributed by atoms with Gasteiger partial charge in [0.15, 0.2) is 0 Å². The average molecular weight is 411 g/mol. The van der Waals surface area contributed by atoms with E-state index in [1.165, 1.54) is 24.3 Å². The number of nitrogens with zero attached hydrogens (tertiary/aromatic N) is 3. The fourth-order valence-electron chi connectivity index (χ4n) is 1.91. The predicted molar refractivity (Wildman–Crippen MR) is 98.8 cm³/mol. The van der Waals surface area contributed by atoms with Crippen LogP contribution in [0.1, 0.15) is 6.42 Å². The normalized spacial score (nSPS) is 13.1. The Balaban J connectivity index is 3.12. The van der Waals surface area contributed by atoms with E-state index in [0.717, 1.165) is 0 Å². The van der Waals surface area contributed by atoms with Crippen molar-refractivity contribution in [3.63, 3.8) is 0 Å². The molecule has 0 saturated carbocycles. The van der Waals surface area contributed by atoms with Crippen LogP contribution in [-0.2, 0) is 22.7 Å². The average Bonchev–Trinajstić information content (AvgIpc) is 2.63. The number of hydrogen-bond acceptors (Lipinski definition) is 7. The lowest BCUT2D eigenvalue weighted by Crippen LogP contribution is -2.14. The van der Waals surface area contributed by atoms with Gasteiger partial charge in [-0.15, -0.1) is 0 Å². The molecule has 0 aromatic heterocycles. The van der Waals surface area contributed by atoms with Crippen molar-refractivity contribution in [2.45, 2.75) is 6.42 Å². The first kappa shape index (κ1) is 22.9. The summed E-state index contributed by atoms with van der Waals surface area (Å²) < 4.78 is 42.3. The Morgan fingerprint density at radius 1 is 1.00 bits per heavy atom. The molecule has 0 fully saturated rings. The third-order valence-electron chi connectivity index (χ3n) is 3.10. The standard InChI is InChI=1S/C16H19N3O6P2/c1-18-9-12-24-27(22,25-13-10-19-2)14-26(21,23-11-3-8-17)16-6-4-15(20)5-7-16/h4-7,20H,3,9-14H2. The summed E-state index contributed by atoms with van der Waals surface area (Å²) in [6.45, 7) is 12.9. The SMILES string of the molecule is [C-]#[N+]CCOP(=O)(CP(=O)(OCCC#N)c1ccc(O)cc1)OCC[N+]#[C-]. The van der Waals surface area contributed by atoms with E-state index in [-0.39, 0.29) is 50.4 Å². The summed E-state index contributed by atoms with van der Waals surface area (Å²) in [5.41, 5.74) is 0. The number of benzene rings is 1. The number of phenols is 1. The Morgan fingerprint density at radius 2 is 1.56 bits per heavy atom. The molecule has 9 nitrogen and oxygen atoms in total. The van der Waals surface area contributed by atoms with Gasteiger partial charge in [0.05, 0.1) is 19.1 Å². The van der Waals surface area contributed by atoms with Crippen LogP contribution in [0.25, 0.3) is 9.69 Å². The molecule has 1 unspecified atom stereocenters. The summed E-state index contributed by atoms with van der Waals surface area (Å²) in [5.74, 6) is -0.654. The van der Waals surface area contributed by atoms with Gasteiger partial charge in [-0.05, 0) is 24.3 Å². The first-order valence-corrected chi connectivity index (χ1v) is 11.4. The van der Waals surface area contributed by atoms with Crippen LogP contribution in [0.3, 0.4) is 0 Å². The van der Waals surface area contributed by atoms with Gasteiger partial charge in [0, 0.05) is 5.30 Å². The van der Waals surface area contributed by atoms with E-state index in [2.05, 4.69) is 9.69 Å². The smallest absolute Gasteiger partial charge is 0.341 e. The number of nitriles is 1. The maximum atomic E-state index is 13.4. The van der Waals surface area contributed by atoms with E-state index in [1.807, 2.05) is 6.07 Å². The first-order chi connectivity index (χ1) is 12.9. The van der Waals surface area contributed by atoms with Crippen LogP contribution in [0.15, 0.2) is 24.3 Å². The van der Waals surface area contributed by atoms with Crippen molar-refractivity contribution in [2.75, 3.05) is 38.8 Å². The fraction of sp³-hybridized carbons (Fsp3) is 0.438. The molecule has 0 spiro atoms. The molecule has 0 aliphatic rings. The minimum absolute atomic E-state index is 0.0243. The molecule has 1 aromatic rings. The Kier molecular flexibility index (Phi) is 9.76. The molecule has 1 rings (SSSR count). The first-order valence-electron chi connectivity index (χ1n) is 7.84. The van der Waals surface area contributed by atoms with Crippen LogP contribution in [-0.4, -0.2) is 43.9 Å².